The minimum Gasteiger partial charge on any atom is -0.459 e. The monoisotopic (exact) mass is 410 g/mol. The third kappa shape index (κ3) is 5.07. The molecule has 1 fully saturated rings. The third-order valence-corrected chi connectivity index (χ3v) is 4.70. The van der Waals surface area contributed by atoms with Gasteiger partial charge in [-0.2, -0.15) is 13.2 Å². The minimum absolute atomic E-state index is 0.0853. The maximum absolute atomic E-state index is 12.7. The second kappa shape index (κ2) is 8.54. The molecule has 156 valence electrons. The van der Waals surface area contributed by atoms with E-state index >= 15 is 0 Å². The quantitative estimate of drug-likeness (QED) is 0.775. The van der Waals surface area contributed by atoms with Crippen LogP contribution in [0, 0.1) is 0 Å². The summed E-state index contributed by atoms with van der Waals surface area (Å²) >= 11 is 0. The van der Waals surface area contributed by atoms with Crippen LogP contribution in [0.15, 0.2) is 41.1 Å². The lowest BCUT2D eigenvalue weighted by Gasteiger charge is -2.25. The lowest BCUT2D eigenvalue weighted by molar-refractivity contribution is -0.137. The minimum atomic E-state index is -4.42. The van der Waals surface area contributed by atoms with Crippen LogP contribution in [0.4, 0.5) is 19.0 Å². The summed E-state index contributed by atoms with van der Waals surface area (Å²) in [6.07, 6.45) is -1.57. The van der Waals surface area contributed by atoms with Crippen molar-refractivity contribution in [3.63, 3.8) is 0 Å². The highest BCUT2D eigenvalue weighted by Gasteiger charge is 2.31. The summed E-state index contributed by atoms with van der Waals surface area (Å²) in [6.45, 7) is 1.82. The zero-order valence-corrected chi connectivity index (χ0v) is 15.9. The first-order valence-electron chi connectivity index (χ1n) is 9.10. The Morgan fingerprint density at radius 1 is 1.17 bits per heavy atom. The maximum atomic E-state index is 12.7. The molecule has 7 nitrogen and oxygen atoms in total. The van der Waals surface area contributed by atoms with Crippen LogP contribution in [0.5, 0.6) is 0 Å². The zero-order chi connectivity index (χ0) is 21.0. The molecule has 2 amide bonds. The highest BCUT2D eigenvalue weighted by atomic mass is 19.4. The van der Waals surface area contributed by atoms with Gasteiger partial charge < -0.3 is 19.1 Å². The van der Waals surface area contributed by atoms with Gasteiger partial charge >= 0.3 is 6.18 Å². The number of likely N-dealkylation sites (N-methyl/N-ethyl adjacent to an activating group) is 1. The van der Waals surface area contributed by atoms with Gasteiger partial charge in [0.2, 0.25) is 5.91 Å². The summed E-state index contributed by atoms with van der Waals surface area (Å²) in [6, 6.07) is 5.48. The van der Waals surface area contributed by atoms with Crippen molar-refractivity contribution in [1.82, 2.24) is 14.8 Å². The molecular formula is C19H21F3N4O3. The molecule has 3 rings (SSSR count). The van der Waals surface area contributed by atoms with E-state index in [0.717, 1.165) is 12.3 Å². The Hall–Kier alpha value is -3.04. The maximum Gasteiger partial charge on any atom is 0.417 e. The fraction of sp³-hybridized carbons (Fsp3) is 0.421. The molecule has 0 saturated carbocycles. The Morgan fingerprint density at radius 3 is 2.59 bits per heavy atom. The van der Waals surface area contributed by atoms with Gasteiger partial charge in [0.15, 0.2) is 5.76 Å². The van der Waals surface area contributed by atoms with Crippen LogP contribution in [0.2, 0.25) is 0 Å². The molecule has 0 radical (unpaired) electrons. The van der Waals surface area contributed by atoms with Gasteiger partial charge in [0.1, 0.15) is 5.82 Å². The van der Waals surface area contributed by atoms with Crippen LogP contribution in [0.1, 0.15) is 22.5 Å². The zero-order valence-electron chi connectivity index (χ0n) is 15.9. The summed E-state index contributed by atoms with van der Waals surface area (Å²) in [5.41, 5.74) is -0.794. The van der Waals surface area contributed by atoms with Crippen LogP contribution in [-0.2, 0) is 11.0 Å². The molecule has 1 aliphatic heterocycles. The summed E-state index contributed by atoms with van der Waals surface area (Å²) in [4.78, 5) is 33.5. The van der Waals surface area contributed by atoms with E-state index in [-0.39, 0.29) is 24.1 Å². The number of alkyl halides is 3. The number of aromatic nitrogens is 1. The van der Waals surface area contributed by atoms with E-state index in [1.54, 1.807) is 11.0 Å². The van der Waals surface area contributed by atoms with Crippen molar-refractivity contribution < 1.29 is 27.2 Å². The average Bonchev–Trinajstić information content (AvgIpc) is 3.11. The largest absolute Gasteiger partial charge is 0.459 e. The smallest absolute Gasteiger partial charge is 0.417 e. The van der Waals surface area contributed by atoms with E-state index in [1.165, 1.54) is 30.3 Å². The Morgan fingerprint density at radius 2 is 1.97 bits per heavy atom. The van der Waals surface area contributed by atoms with E-state index in [0.29, 0.717) is 38.4 Å². The number of amides is 2. The van der Waals surface area contributed by atoms with Crippen molar-refractivity contribution in [3.05, 3.63) is 48.0 Å². The van der Waals surface area contributed by atoms with E-state index in [2.05, 4.69) is 4.98 Å². The van der Waals surface area contributed by atoms with Gasteiger partial charge in [0, 0.05) is 39.4 Å². The predicted octanol–water partition coefficient (Wildman–Crippen LogP) is 2.50. The molecule has 1 aliphatic rings. The first-order chi connectivity index (χ1) is 13.8. The topological polar surface area (TPSA) is 69.9 Å². The van der Waals surface area contributed by atoms with E-state index in [4.69, 9.17) is 4.42 Å². The first kappa shape index (κ1) is 20.7. The van der Waals surface area contributed by atoms with Gasteiger partial charge in [0.25, 0.3) is 5.91 Å². The summed E-state index contributed by atoms with van der Waals surface area (Å²) in [5, 5.41) is 0. The van der Waals surface area contributed by atoms with Crippen LogP contribution >= 0.6 is 0 Å². The standard InChI is InChI=1S/C19H21F3N4O3/c1-24(18(28)15-4-2-11-29-15)13-17(27)26-8-3-7-25(9-10-26)16-6-5-14(12-23-16)19(20,21)22/h2,4-6,11-12H,3,7-10,13H2,1H3. The molecule has 0 N–H and O–H groups in total. The lowest BCUT2D eigenvalue weighted by atomic mass is 10.2. The van der Waals surface area contributed by atoms with Crippen molar-refractivity contribution in [1.29, 1.82) is 0 Å². The van der Waals surface area contributed by atoms with Crippen molar-refractivity contribution in [2.24, 2.45) is 0 Å². The molecule has 0 atom stereocenters. The Balaban J connectivity index is 1.56. The molecule has 3 heterocycles. The molecule has 29 heavy (non-hydrogen) atoms. The Bertz CT molecular complexity index is 837. The molecule has 0 aromatic carbocycles. The Kier molecular flexibility index (Phi) is 6.09. The van der Waals surface area contributed by atoms with Crippen LogP contribution in [-0.4, -0.2) is 66.4 Å². The second-order valence-corrected chi connectivity index (χ2v) is 6.76. The van der Waals surface area contributed by atoms with Gasteiger partial charge in [-0.05, 0) is 30.7 Å². The van der Waals surface area contributed by atoms with Gasteiger partial charge in [-0.15, -0.1) is 0 Å². The molecule has 0 aliphatic carbocycles. The number of anilines is 1. The van der Waals surface area contributed by atoms with Crippen molar-refractivity contribution in [3.8, 4) is 0 Å². The molecule has 0 unspecified atom stereocenters. The van der Waals surface area contributed by atoms with Crippen molar-refractivity contribution >= 4 is 17.6 Å². The van der Waals surface area contributed by atoms with E-state index in [1.807, 2.05) is 4.90 Å². The van der Waals surface area contributed by atoms with Gasteiger partial charge in [-0.25, -0.2) is 4.98 Å². The summed E-state index contributed by atoms with van der Waals surface area (Å²) in [7, 11) is 1.53. The van der Waals surface area contributed by atoms with Gasteiger partial charge in [-0.1, -0.05) is 0 Å². The molecule has 2 aromatic heterocycles. The number of rotatable bonds is 4. The summed E-state index contributed by atoms with van der Waals surface area (Å²) < 4.78 is 43.1. The van der Waals surface area contributed by atoms with Crippen LogP contribution in [0.3, 0.4) is 0 Å². The van der Waals surface area contributed by atoms with Gasteiger partial charge in [-0.3, -0.25) is 9.59 Å². The molecule has 1 saturated heterocycles. The SMILES string of the molecule is CN(CC(=O)N1CCCN(c2ccc(C(F)(F)F)cn2)CC1)C(=O)c1ccco1. The number of hydrogen-bond acceptors (Lipinski definition) is 5. The highest BCUT2D eigenvalue weighted by molar-refractivity contribution is 5.94. The number of halogens is 3. The molecule has 2 aromatic rings. The molecular weight excluding hydrogens is 389 g/mol. The molecule has 0 spiro atoms. The number of carbonyl (C=O) groups excluding carboxylic acids is 2. The predicted molar refractivity (Wildman–Crippen MR) is 98.3 cm³/mol. The summed E-state index contributed by atoms with van der Waals surface area (Å²) in [5.74, 6) is 0.0246. The molecule has 0 bridgehead atoms. The number of pyridine rings is 1. The van der Waals surface area contributed by atoms with Crippen molar-refractivity contribution in [2.75, 3.05) is 44.7 Å². The first-order valence-corrected chi connectivity index (χ1v) is 9.10. The highest BCUT2D eigenvalue weighted by Crippen LogP contribution is 2.29. The number of furan rings is 1. The van der Waals surface area contributed by atoms with E-state index in [9.17, 15) is 22.8 Å². The fourth-order valence-electron chi connectivity index (χ4n) is 3.10. The number of nitrogens with zero attached hydrogens (tertiary/aromatic N) is 4. The average molecular weight is 410 g/mol. The Labute approximate surface area is 165 Å². The van der Waals surface area contributed by atoms with Crippen LogP contribution < -0.4 is 4.90 Å². The number of hydrogen-bond donors (Lipinski definition) is 0. The van der Waals surface area contributed by atoms with Crippen LogP contribution in [0.25, 0.3) is 0 Å². The number of carbonyl (C=O) groups is 2. The fourth-order valence-corrected chi connectivity index (χ4v) is 3.10. The van der Waals surface area contributed by atoms with E-state index < -0.39 is 11.7 Å². The third-order valence-electron chi connectivity index (χ3n) is 4.70. The van der Waals surface area contributed by atoms with Crippen molar-refractivity contribution in [2.45, 2.75) is 12.6 Å². The normalized spacial score (nSPS) is 15.2. The van der Waals surface area contributed by atoms with Gasteiger partial charge in [0.05, 0.1) is 18.4 Å². The lowest BCUT2D eigenvalue weighted by Crippen LogP contribution is -2.42. The second-order valence-electron chi connectivity index (χ2n) is 6.76. The molecule has 10 heteroatoms.